The third-order valence-corrected chi connectivity index (χ3v) is 3.24. The molecule has 96 valence electrons. The first kappa shape index (κ1) is 12.9. The van der Waals surface area contributed by atoms with Crippen LogP contribution in [0.2, 0.25) is 5.15 Å². The first-order valence-electron chi connectivity index (χ1n) is 5.71. The van der Waals surface area contributed by atoms with E-state index in [4.69, 9.17) is 22.1 Å². The standard InChI is InChI=1S/C13H16ClN3O/c1-9-4-3-5-10(6-15)13(9)18-8-12-16-7-11(14)17(12)2/h3-5,7H,6,8,15H2,1-2H3. The Morgan fingerprint density at radius 2 is 2.22 bits per heavy atom. The van der Waals surface area contributed by atoms with Gasteiger partial charge in [-0.05, 0) is 12.5 Å². The molecule has 0 aliphatic rings. The summed E-state index contributed by atoms with van der Waals surface area (Å²) >= 11 is 5.93. The predicted molar refractivity (Wildman–Crippen MR) is 71.6 cm³/mol. The molecule has 0 aliphatic heterocycles. The van der Waals surface area contributed by atoms with Crippen molar-refractivity contribution in [3.05, 3.63) is 46.5 Å². The van der Waals surface area contributed by atoms with Crippen LogP contribution < -0.4 is 10.5 Å². The van der Waals surface area contributed by atoms with Gasteiger partial charge in [0.2, 0.25) is 0 Å². The predicted octanol–water partition coefficient (Wildman–Crippen LogP) is 2.42. The van der Waals surface area contributed by atoms with Gasteiger partial charge in [0.05, 0.1) is 6.20 Å². The Morgan fingerprint density at radius 1 is 1.44 bits per heavy atom. The number of benzene rings is 1. The Morgan fingerprint density at radius 3 is 2.83 bits per heavy atom. The normalized spacial score (nSPS) is 10.7. The molecule has 4 nitrogen and oxygen atoms in total. The molecule has 0 atom stereocenters. The van der Waals surface area contributed by atoms with Gasteiger partial charge in [-0.25, -0.2) is 4.98 Å². The van der Waals surface area contributed by atoms with Crippen molar-refractivity contribution in [3.8, 4) is 5.75 Å². The average molecular weight is 266 g/mol. The zero-order valence-corrected chi connectivity index (χ0v) is 11.2. The maximum Gasteiger partial charge on any atom is 0.147 e. The molecular formula is C13H16ClN3O. The topological polar surface area (TPSA) is 53.1 Å². The summed E-state index contributed by atoms with van der Waals surface area (Å²) in [5.74, 6) is 1.62. The van der Waals surface area contributed by atoms with Gasteiger partial charge >= 0.3 is 0 Å². The van der Waals surface area contributed by atoms with Crippen molar-refractivity contribution in [3.63, 3.8) is 0 Å². The van der Waals surface area contributed by atoms with Gasteiger partial charge in [-0.2, -0.15) is 0 Å². The second-order valence-electron chi connectivity index (χ2n) is 4.11. The van der Waals surface area contributed by atoms with Crippen molar-refractivity contribution < 1.29 is 4.74 Å². The first-order valence-corrected chi connectivity index (χ1v) is 6.08. The molecule has 0 amide bonds. The molecule has 0 bridgehead atoms. The quantitative estimate of drug-likeness (QED) is 0.924. The van der Waals surface area contributed by atoms with Gasteiger partial charge in [0, 0.05) is 19.2 Å². The van der Waals surface area contributed by atoms with Crippen LogP contribution in [0, 0.1) is 6.92 Å². The molecule has 2 N–H and O–H groups in total. The number of aromatic nitrogens is 2. The molecule has 1 heterocycles. The molecule has 0 spiro atoms. The molecule has 1 aromatic carbocycles. The molecule has 18 heavy (non-hydrogen) atoms. The summed E-state index contributed by atoms with van der Waals surface area (Å²) in [6.07, 6.45) is 1.61. The van der Waals surface area contributed by atoms with Gasteiger partial charge in [-0.15, -0.1) is 0 Å². The van der Waals surface area contributed by atoms with Crippen LogP contribution in [0.4, 0.5) is 0 Å². The lowest BCUT2D eigenvalue weighted by molar-refractivity contribution is 0.287. The second-order valence-corrected chi connectivity index (χ2v) is 4.50. The number of imidazole rings is 1. The highest BCUT2D eigenvalue weighted by molar-refractivity contribution is 6.29. The molecule has 2 aromatic rings. The number of rotatable bonds is 4. The molecule has 5 heteroatoms. The molecule has 0 radical (unpaired) electrons. The van der Waals surface area contributed by atoms with E-state index in [-0.39, 0.29) is 0 Å². The van der Waals surface area contributed by atoms with Gasteiger partial charge in [0.15, 0.2) is 0 Å². The number of halogens is 1. The average Bonchev–Trinajstić information content (AvgIpc) is 2.68. The van der Waals surface area contributed by atoms with E-state index in [1.54, 1.807) is 10.8 Å². The molecular weight excluding hydrogens is 250 g/mol. The molecule has 2 rings (SSSR count). The van der Waals surface area contributed by atoms with Crippen molar-refractivity contribution in [2.75, 3.05) is 0 Å². The number of aryl methyl sites for hydroxylation is 1. The van der Waals surface area contributed by atoms with Crippen LogP contribution in [-0.2, 0) is 20.2 Å². The molecule has 0 unspecified atom stereocenters. The Hall–Kier alpha value is -1.52. The Kier molecular flexibility index (Phi) is 3.89. The minimum atomic E-state index is 0.376. The fourth-order valence-electron chi connectivity index (χ4n) is 1.78. The Balaban J connectivity index is 2.18. The summed E-state index contributed by atoms with van der Waals surface area (Å²) in [4.78, 5) is 4.19. The monoisotopic (exact) mass is 265 g/mol. The largest absolute Gasteiger partial charge is 0.485 e. The van der Waals surface area contributed by atoms with Crippen LogP contribution >= 0.6 is 11.6 Å². The molecule has 0 aliphatic carbocycles. The maximum atomic E-state index is 5.93. The number of ether oxygens (including phenoxy) is 1. The number of hydrogen-bond acceptors (Lipinski definition) is 3. The molecule has 0 saturated carbocycles. The lowest BCUT2D eigenvalue weighted by Crippen LogP contribution is -2.07. The SMILES string of the molecule is Cc1cccc(CN)c1OCc1ncc(Cl)n1C. The van der Waals surface area contributed by atoms with E-state index in [1.165, 1.54) is 0 Å². The Bertz CT molecular complexity index is 551. The van der Waals surface area contributed by atoms with E-state index in [2.05, 4.69) is 4.98 Å². The fourth-order valence-corrected chi connectivity index (χ4v) is 1.92. The zero-order valence-electron chi connectivity index (χ0n) is 10.5. The van der Waals surface area contributed by atoms with Gasteiger partial charge < -0.3 is 15.0 Å². The summed E-state index contributed by atoms with van der Waals surface area (Å²) < 4.78 is 7.61. The first-order chi connectivity index (χ1) is 8.63. The van der Waals surface area contributed by atoms with E-state index in [0.29, 0.717) is 18.3 Å². The third kappa shape index (κ3) is 2.49. The number of hydrogen-bond donors (Lipinski definition) is 1. The van der Waals surface area contributed by atoms with E-state index in [1.807, 2.05) is 32.2 Å². The van der Waals surface area contributed by atoms with Crippen molar-refractivity contribution in [1.29, 1.82) is 0 Å². The highest BCUT2D eigenvalue weighted by atomic mass is 35.5. The van der Waals surface area contributed by atoms with Crippen LogP contribution in [-0.4, -0.2) is 9.55 Å². The van der Waals surface area contributed by atoms with Crippen LogP contribution in [0.3, 0.4) is 0 Å². The van der Waals surface area contributed by atoms with Crippen molar-refractivity contribution in [1.82, 2.24) is 9.55 Å². The minimum absolute atomic E-state index is 0.376. The van der Waals surface area contributed by atoms with Crippen molar-refractivity contribution in [2.45, 2.75) is 20.1 Å². The van der Waals surface area contributed by atoms with Crippen LogP contribution in [0.5, 0.6) is 5.75 Å². The molecule has 1 aromatic heterocycles. The summed E-state index contributed by atoms with van der Waals surface area (Å²) in [6, 6.07) is 5.94. The number of nitrogens with zero attached hydrogens (tertiary/aromatic N) is 2. The smallest absolute Gasteiger partial charge is 0.147 e. The fraction of sp³-hybridized carbons (Fsp3) is 0.308. The highest BCUT2D eigenvalue weighted by Crippen LogP contribution is 2.24. The van der Waals surface area contributed by atoms with Gasteiger partial charge in [-0.1, -0.05) is 29.8 Å². The summed E-state index contributed by atoms with van der Waals surface area (Å²) in [5, 5.41) is 0.595. The lowest BCUT2D eigenvalue weighted by atomic mass is 10.1. The highest BCUT2D eigenvalue weighted by Gasteiger charge is 2.09. The van der Waals surface area contributed by atoms with E-state index in [9.17, 15) is 0 Å². The number of para-hydroxylation sites is 1. The van der Waals surface area contributed by atoms with Crippen LogP contribution in [0.1, 0.15) is 17.0 Å². The van der Waals surface area contributed by atoms with Gasteiger partial charge in [-0.3, -0.25) is 0 Å². The lowest BCUT2D eigenvalue weighted by Gasteiger charge is -2.13. The van der Waals surface area contributed by atoms with Gasteiger partial charge in [0.25, 0.3) is 0 Å². The minimum Gasteiger partial charge on any atom is -0.485 e. The summed E-state index contributed by atoms with van der Waals surface area (Å²) in [5.41, 5.74) is 7.76. The summed E-state index contributed by atoms with van der Waals surface area (Å²) in [6.45, 7) is 2.83. The van der Waals surface area contributed by atoms with Gasteiger partial charge in [0.1, 0.15) is 23.3 Å². The van der Waals surface area contributed by atoms with Crippen LogP contribution in [0.25, 0.3) is 0 Å². The second kappa shape index (κ2) is 5.42. The Labute approximate surface area is 111 Å². The maximum absolute atomic E-state index is 5.93. The molecule has 0 saturated heterocycles. The van der Waals surface area contributed by atoms with E-state index < -0.39 is 0 Å². The van der Waals surface area contributed by atoms with E-state index >= 15 is 0 Å². The number of nitrogens with two attached hydrogens (primary N) is 1. The zero-order chi connectivity index (χ0) is 13.1. The van der Waals surface area contributed by atoms with Crippen molar-refractivity contribution >= 4 is 11.6 Å². The molecule has 0 fully saturated rings. The summed E-state index contributed by atoms with van der Waals surface area (Å²) in [7, 11) is 1.86. The van der Waals surface area contributed by atoms with E-state index in [0.717, 1.165) is 22.7 Å². The van der Waals surface area contributed by atoms with Crippen LogP contribution in [0.15, 0.2) is 24.4 Å². The van der Waals surface area contributed by atoms with Crippen molar-refractivity contribution in [2.24, 2.45) is 12.8 Å². The third-order valence-electron chi connectivity index (χ3n) is 2.89.